The Kier molecular flexibility index (Phi) is 2.87. The maximum Gasteiger partial charge on any atom is 0.136 e. The van der Waals surface area contributed by atoms with Gasteiger partial charge in [0.25, 0.3) is 0 Å². The molecule has 1 heterocycles. The maximum absolute atomic E-state index is 9.08. The van der Waals surface area contributed by atoms with Crippen molar-refractivity contribution in [2.24, 2.45) is 0 Å². The van der Waals surface area contributed by atoms with Gasteiger partial charge in [-0.15, -0.1) is 0 Å². The third-order valence-corrected chi connectivity index (χ3v) is 2.82. The quantitative estimate of drug-likeness (QED) is 0.832. The van der Waals surface area contributed by atoms with Crippen LogP contribution in [0.1, 0.15) is 16.8 Å². The number of hydrogen-bond acceptors (Lipinski definition) is 2. The Balaban J connectivity index is 2.66. The minimum absolute atomic E-state index is 0.289. The van der Waals surface area contributed by atoms with Crippen molar-refractivity contribution < 1.29 is 0 Å². The van der Waals surface area contributed by atoms with Gasteiger partial charge < -0.3 is 4.98 Å². The Labute approximate surface area is 104 Å². The first-order valence-corrected chi connectivity index (χ1v) is 5.33. The lowest BCUT2D eigenvalue weighted by molar-refractivity contribution is 1.32. The van der Waals surface area contributed by atoms with Gasteiger partial charge in [0.2, 0.25) is 0 Å². The van der Waals surface area contributed by atoms with Crippen LogP contribution in [0.3, 0.4) is 0 Å². The van der Waals surface area contributed by atoms with Crippen molar-refractivity contribution in [2.45, 2.75) is 6.92 Å². The van der Waals surface area contributed by atoms with E-state index in [1.807, 2.05) is 31.2 Å². The minimum Gasteiger partial charge on any atom is -0.351 e. The summed E-state index contributed by atoms with van der Waals surface area (Å²) in [5.74, 6) is 0. The van der Waals surface area contributed by atoms with Crippen LogP contribution in [0.15, 0.2) is 24.4 Å². The number of nitriles is 2. The van der Waals surface area contributed by atoms with Crippen molar-refractivity contribution >= 4 is 11.6 Å². The average molecular weight is 242 g/mol. The molecule has 2 rings (SSSR count). The fourth-order valence-corrected chi connectivity index (χ4v) is 2.00. The van der Waals surface area contributed by atoms with Gasteiger partial charge in [0.05, 0.1) is 5.56 Å². The molecule has 3 nitrogen and oxygen atoms in total. The standard InChI is InChI=1S/C13H8ClN3/c1-8-4-9(14)2-3-10(8)12-7-17-13(6-16)11(12)5-15/h2-4,7,17H,1H3. The summed E-state index contributed by atoms with van der Waals surface area (Å²) in [4.78, 5) is 2.80. The second-order valence-electron chi connectivity index (χ2n) is 3.64. The molecule has 17 heavy (non-hydrogen) atoms. The van der Waals surface area contributed by atoms with E-state index in [0.717, 1.165) is 16.7 Å². The van der Waals surface area contributed by atoms with Crippen LogP contribution in [-0.2, 0) is 0 Å². The summed E-state index contributed by atoms with van der Waals surface area (Å²) >= 11 is 5.89. The van der Waals surface area contributed by atoms with E-state index in [2.05, 4.69) is 4.98 Å². The molecule has 0 spiro atoms. The molecule has 0 atom stereocenters. The number of halogens is 1. The third-order valence-electron chi connectivity index (χ3n) is 2.58. The van der Waals surface area contributed by atoms with Crippen molar-refractivity contribution in [1.29, 1.82) is 10.5 Å². The van der Waals surface area contributed by atoms with Crippen LogP contribution in [0.4, 0.5) is 0 Å². The first-order valence-electron chi connectivity index (χ1n) is 4.95. The molecule has 0 unspecified atom stereocenters. The van der Waals surface area contributed by atoms with E-state index >= 15 is 0 Å². The molecule has 0 aliphatic rings. The fourth-order valence-electron chi connectivity index (χ4n) is 1.77. The molecule has 0 saturated heterocycles. The summed E-state index contributed by atoms with van der Waals surface area (Å²) in [6, 6.07) is 9.46. The summed E-state index contributed by atoms with van der Waals surface area (Å²) in [7, 11) is 0. The summed E-state index contributed by atoms with van der Waals surface area (Å²) < 4.78 is 0. The number of hydrogen-bond donors (Lipinski definition) is 1. The number of aromatic amines is 1. The molecule has 4 heteroatoms. The Morgan fingerprint density at radius 1 is 1.18 bits per heavy atom. The lowest BCUT2D eigenvalue weighted by Crippen LogP contribution is -1.85. The lowest BCUT2D eigenvalue weighted by Gasteiger charge is -2.04. The van der Waals surface area contributed by atoms with Crippen molar-refractivity contribution in [3.63, 3.8) is 0 Å². The topological polar surface area (TPSA) is 63.4 Å². The smallest absolute Gasteiger partial charge is 0.136 e. The van der Waals surface area contributed by atoms with Crippen LogP contribution in [0, 0.1) is 29.6 Å². The van der Waals surface area contributed by atoms with Gasteiger partial charge in [-0.25, -0.2) is 0 Å². The SMILES string of the molecule is Cc1cc(Cl)ccc1-c1c[nH]c(C#N)c1C#N. The Bertz CT molecular complexity index is 656. The molecule has 0 aliphatic carbocycles. The highest BCUT2D eigenvalue weighted by Crippen LogP contribution is 2.29. The van der Waals surface area contributed by atoms with Crippen LogP contribution in [0.25, 0.3) is 11.1 Å². The van der Waals surface area contributed by atoms with Gasteiger partial charge in [-0.2, -0.15) is 10.5 Å². The molecule has 82 valence electrons. The molecular formula is C13H8ClN3. The van der Waals surface area contributed by atoms with E-state index in [4.69, 9.17) is 22.1 Å². The van der Waals surface area contributed by atoms with Gasteiger partial charge in [0.15, 0.2) is 0 Å². The van der Waals surface area contributed by atoms with E-state index in [1.165, 1.54) is 0 Å². The molecule has 0 aliphatic heterocycles. The summed E-state index contributed by atoms with van der Waals surface area (Å²) in [5.41, 5.74) is 3.27. The molecule has 0 amide bonds. The molecule has 2 aromatic rings. The minimum atomic E-state index is 0.289. The van der Waals surface area contributed by atoms with Gasteiger partial charge >= 0.3 is 0 Å². The molecule has 0 fully saturated rings. The molecule has 0 radical (unpaired) electrons. The van der Waals surface area contributed by atoms with Crippen LogP contribution >= 0.6 is 11.6 Å². The zero-order valence-electron chi connectivity index (χ0n) is 9.08. The second-order valence-corrected chi connectivity index (χ2v) is 4.07. The van der Waals surface area contributed by atoms with Gasteiger partial charge in [-0.05, 0) is 30.2 Å². The van der Waals surface area contributed by atoms with Gasteiger partial charge in [0, 0.05) is 16.8 Å². The van der Waals surface area contributed by atoms with Crippen LogP contribution in [0.2, 0.25) is 5.02 Å². The number of nitrogens with one attached hydrogen (secondary N) is 1. The summed E-state index contributed by atoms with van der Waals surface area (Å²) in [6.07, 6.45) is 1.67. The highest BCUT2D eigenvalue weighted by molar-refractivity contribution is 6.30. The molecule has 0 bridgehead atoms. The van der Waals surface area contributed by atoms with Crippen molar-refractivity contribution in [1.82, 2.24) is 4.98 Å². The number of aryl methyl sites for hydroxylation is 1. The first-order chi connectivity index (χ1) is 8.17. The predicted molar refractivity (Wildman–Crippen MR) is 65.4 cm³/mol. The van der Waals surface area contributed by atoms with E-state index in [1.54, 1.807) is 12.3 Å². The highest BCUT2D eigenvalue weighted by atomic mass is 35.5. The fraction of sp³-hybridized carbons (Fsp3) is 0.0769. The molecule has 0 saturated carbocycles. The number of aromatic nitrogens is 1. The Hall–Kier alpha value is -2.23. The molecule has 1 aromatic carbocycles. The van der Waals surface area contributed by atoms with Crippen molar-refractivity contribution in [3.8, 4) is 23.3 Å². The van der Waals surface area contributed by atoms with Crippen LogP contribution in [0.5, 0.6) is 0 Å². The van der Waals surface area contributed by atoms with E-state index < -0.39 is 0 Å². The van der Waals surface area contributed by atoms with Gasteiger partial charge in [0.1, 0.15) is 17.8 Å². The summed E-state index contributed by atoms with van der Waals surface area (Å²) in [5, 5.41) is 18.6. The van der Waals surface area contributed by atoms with Gasteiger partial charge in [-0.1, -0.05) is 17.7 Å². The molecule has 1 N–H and O–H groups in total. The predicted octanol–water partition coefficient (Wildman–Crippen LogP) is 3.39. The van der Waals surface area contributed by atoms with Crippen molar-refractivity contribution in [2.75, 3.05) is 0 Å². The van der Waals surface area contributed by atoms with E-state index in [0.29, 0.717) is 10.6 Å². The largest absolute Gasteiger partial charge is 0.351 e. The number of H-pyrrole nitrogens is 1. The third kappa shape index (κ3) is 1.89. The molecular weight excluding hydrogens is 234 g/mol. The lowest BCUT2D eigenvalue weighted by atomic mass is 9.99. The van der Waals surface area contributed by atoms with Crippen LogP contribution < -0.4 is 0 Å². The van der Waals surface area contributed by atoms with Crippen molar-refractivity contribution in [3.05, 3.63) is 46.2 Å². The number of nitrogens with zero attached hydrogens (tertiary/aromatic N) is 2. The Morgan fingerprint density at radius 3 is 2.53 bits per heavy atom. The zero-order chi connectivity index (χ0) is 12.4. The Morgan fingerprint density at radius 2 is 1.94 bits per heavy atom. The molecule has 1 aromatic heterocycles. The number of benzene rings is 1. The summed E-state index contributed by atoms with van der Waals surface area (Å²) in [6.45, 7) is 1.92. The van der Waals surface area contributed by atoms with E-state index in [-0.39, 0.29) is 5.69 Å². The second kappa shape index (κ2) is 4.33. The maximum atomic E-state index is 9.08. The normalized spacial score (nSPS) is 9.65. The monoisotopic (exact) mass is 241 g/mol. The van der Waals surface area contributed by atoms with Crippen LogP contribution in [-0.4, -0.2) is 4.98 Å². The zero-order valence-corrected chi connectivity index (χ0v) is 9.84. The van der Waals surface area contributed by atoms with E-state index in [9.17, 15) is 0 Å². The number of rotatable bonds is 1. The first kappa shape index (κ1) is 11.3. The highest BCUT2D eigenvalue weighted by Gasteiger charge is 2.13. The average Bonchev–Trinajstić information content (AvgIpc) is 2.71. The van der Waals surface area contributed by atoms with Gasteiger partial charge in [-0.3, -0.25) is 0 Å².